The highest BCUT2D eigenvalue weighted by Crippen LogP contribution is 2.05. The minimum Gasteiger partial charge on any atom is -0.248 e. The minimum absolute atomic E-state index is 0.502. The van der Waals surface area contributed by atoms with Crippen LogP contribution in [0.25, 0.3) is 0 Å². The van der Waals surface area contributed by atoms with Crippen LogP contribution in [0.4, 0.5) is 0 Å². The Balaban J connectivity index is 2.15. The summed E-state index contributed by atoms with van der Waals surface area (Å²) in [6, 6.07) is 3.67. The zero-order chi connectivity index (χ0) is 9.10. The number of halogens is 1. The standard InChI is InChI=1S/C8H7ClN4/c9-8-2-1-7(5-10-8)6-13-4-3-11-12-13/h1-5H,6H2. The fourth-order valence-corrected chi connectivity index (χ4v) is 1.12. The molecule has 0 radical (unpaired) electrons. The van der Waals surface area contributed by atoms with Crippen molar-refractivity contribution in [2.45, 2.75) is 6.54 Å². The van der Waals surface area contributed by atoms with Gasteiger partial charge in [-0.2, -0.15) is 0 Å². The summed E-state index contributed by atoms with van der Waals surface area (Å²) in [6.45, 7) is 0.671. The first-order valence-electron chi connectivity index (χ1n) is 3.79. The Morgan fingerprint density at radius 1 is 1.38 bits per heavy atom. The van der Waals surface area contributed by atoms with Crippen LogP contribution in [0.1, 0.15) is 5.56 Å². The van der Waals surface area contributed by atoms with Gasteiger partial charge in [0.25, 0.3) is 0 Å². The van der Waals surface area contributed by atoms with E-state index >= 15 is 0 Å². The van der Waals surface area contributed by atoms with E-state index in [2.05, 4.69) is 15.3 Å². The van der Waals surface area contributed by atoms with Crippen molar-refractivity contribution in [1.82, 2.24) is 20.0 Å². The van der Waals surface area contributed by atoms with E-state index in [-0.39, 0.29) is 0 Å². The van der Waals surface area contributed by atoms with Gasteiger partial charge >= 0.3 is 0 Å². The Bertz CT molecular complexity index is 368. The highest BCUT2D eigenvalue weighted by molar-refractivity contribution is 6.29. The molecule has 0 aliphatic carbocycles. The van der Waals surface area contributed by atoms with Crippen molar-refractivity contribution in [2.24, 2.45) is 0 Å². The van der Waals surface area contributed by atoms with Gasteiger partial charge in [0.05, 0.1) is 12.7 Å². The van der Waals surface area contributed by atoms with E-state index in [4.69, 9.17) is 11.6 Å². The van der Waals surface area contributed by atoms with E-state index in [1.807, 2.05) is 6.07 Å². The lowest BCUT2D eigenvalue weighted by molar-refractivity contribution is 0.648. The zero-order valence-corrected chi connectivity index (χ0v) is 7.52. The molecule has 2 aromatic rings. The second kappa shape index (κ2) is 3.53. The fraction of sp³-hybridized carbons (Fsp3) is 0.125. The van der Waals surface area contributed by atoms with Crippen LogP contribution in [0.15, 0.2) is 30.7 Å². The highest BCUT2D eigenvalue weighted by atomic mass is 35.5. The normalized spacial score (nSPS) is 10.2. The van der Waals surface area contributed by atoms with Crippen LogP contribution in [0.3, 0.4) is 0 Å². The molecule has 66 valence electrons. The van der Waals surface area contributed by atoms with Crippen LogP contribution < -0.4 is 0 Å². The largest absolute Gasteiger partial charge is 0.248 e. The zero-order valence-electron chi connectivity index (χ0n) is 6.76. The summed E-state index contributed by atoms with van der Waals surface area (Å²) in [4.78, 5) is 3.96. The molecule has 0 saturated carbocycles. The van der Waals surface area contributed by atoms with Gasteiger partial charge in [0.2, 0.25) is 0 Å². The average Bonchev–Trinajstić information content (AvgIpc) is 2.62. The summed E-state index contributed by atoms with van der Waals surface area (Å²) in [5.74, 6) is 0. The molecule has 0 N–H and O–H groups in total. The fourth-order valence-electron chi connectivity index (χ4n) is 1.00. The molecule has 13 heavy (non-hydrogen) atoms. The summed E-state index contributed by atoms with van der Waals surface area (Å²) in [7, 11) is 0. The van der Waals surface area contributed by atoms with Crippen molar-refractivity contribution >= 4 is 11.6 Å². The van der Waals surface area contributed by atoms with Gasteiger partial charge in [0, 0.05) is 12.4 Å². The van der Waals surface area contributed by atoms with Gasteiger partial charge in [-0.25, -0.2) is 9.67 Å². The predicted molar refractivity (Wildman–Crippen MR) is 48.4 cm³/mol. The number of hydrogen-bond donors (Lipinski definition) is 0. The molecule has 0 amide bonds. The van der Waals surface area contributed by atoms with E-state index in [0.717, 1.165) is 5.56 Å². The van der Waals surface area contributed by atoms with Gasteiger partial charge in [-0.15, -0.1) is 5.10 Å². The number of pyridine rings is 1. The molecular weight excluding hydrogens is 188 g/mol. The van der Waals surface area contributed by atoms with Gasteiger partial charge in [-0.3, -0.25) is 0 Å². The van der Waals surface area contributed by atoms with Gasteiger partial charge in [-0.05, 0) is 11.6 Å². The molecule has 0 unspecified atom stereocenters. The van der Waals surface area contributed by atoms with Crippen LogP contribution in [-0.4, -0.2) is 20.0 Å². The third kappa shape index (κ3) is 2.03. The van der Waals surface area contributed by atoms with E-state index in [1.54, 1.807) is 29.3 Å². The first-order chi connectivity index (χ1) is 6.34. The second-order valence-electron chi connectivity index (χ2n) is 2.59. The van der Waals surface area contributed by atoms with Gasteiger partial charge in [0.15, 0.2) is 0 Å². The van der Waals surface area contributed by atoms with Gasteiger partial charge < -0.3 is 0 Å². The van der Waals surface area contributed by atoms with Crippen LogP contribution in [0.2, 0.25) is 5.15 Å². The van der Waals surface area contributed by atoms with E-state index < -0.39 is 0 Å². The Hall–Kier alpha value is -1.42. The van der Waals surface area contributed by atoms with Crippen molar-refractivity contribution < 1.29 is 0 Å². The summed E-state index contributed by atoms with van der Waals surface area (Å²) < 4.78 is 1.73. The number of aromatic nitrogens is 4. The van der Waals surface area contributed by atoms with Crippen LogP contribution in [0.5, 0.6) is 0 Å². The lowest BCUT2D eigenvalue weighted by atomic mass is 10.3. The Morgan fingerprint density at radius 3 is 2.92 bits per heavy atom. The number of hydrogen-bond acceptors (Lipinski definition) is 3. The first kappa shape index (κ1) is 8.19. The Labute approximate surface area is 80.2 Å². The van der Waals surface area contributed by atoms with Crippen molar-refractivity contribution in [3.05, 3.63) is 41.4 Å². The maximum absolute atomic E-state index is 5.65. The lowest BCUT2D eigenvalue weighted by Gasteiger charge is -1.99. The van der Waals surface area contributed by atoms with E-state index in [9.17, 15) is 0 Å². The molecule has 0 aliphatic rings. The van der Waals surface area contributed by atoms with Gasteiger partial charge in [0.1, 0.15) is 5.15 Å². The Morgan fingerprint density at radius 2 is 2.31 bits per heavy atom. The molecule has 2 aromatic heterocycles. The molecule has 0 aromatic carbocycles. The van der Waals surface area contributed by atoms with Crippen molar-refractivity contribution in [3.8, 4) is 0 Å². The predicted octanol–water partition coefficient (Wildman–Crippen LogP) is 1.37. The number of rotatable bonds is 2. The molecule has 0 bridgehead atoms. The SMILES string of the molecule is Clc1ccc(Cn2ccnn2)cn1. The topological polar surface area (TPSA) is 43.6 Å². The van der Waals surface area contributed by atoms with Crippen molar-refractivity contribution in [3.63, 3.8) is 0 Å². The molecule has 0 saturated heterocycles. The minimum atomic E-state index is 0.502. The molecule has 0 atom stereocenters. The third-order valence-corrected chi connectivity index (χ3v) is 1.83. The van der Waals surface area contributed by atoms with Crippen LogP contribution in [0, 0.1) is 0 Å². The summed E-state index contributed by atoms with van der Waals surface area (Å²) in [5, 5.41) is 8.04. The highest BCUT2D eigenvalue weighted by Gasteiger charge is 1.95. The van der Waals surface area contributed by atoms with Crippen LogP contribution >= 0.6 is 11.6 Å². The lowest BCUT2D eigenvalue weighted by Crippen LogP contribution is -2.00. The second-order valence-corrected chi connectivity index (χ2v) is 2.98. The maximum atomic E-state index is 5.65. The molecule has 2 heterocycles. The monoisotopic (exact) mass is 194 g/mol. The quantitative estimate of drug-likeness (QED) is 0.679. The van der Waals surface area contributed by atoms with Crippen molar-refractivity contribution in [1.29, 1.82) is 0 Å². The summed E-state index contributed by atoms with van der Waals surface area (Å²) >= 11 is 5.65. The molecule has 2 rings (SSSR count). The molecule has 0 aliphatic heterocycles. The summed E-state index contributed by atoms with van der Waals surface area (Å²) in [6.07, 6.45) is 5.17. The molecule has 5 heteroatoms. The van der Waals surface area contributed by atoms with Crippen LogP contribution in [-0.2, 0) is 6.54 Å². The van der Waals surface area contributed by atoms with Crippen molar-refractivity contribution in [2.75, 3.05) is 0 Å². The van der Waals surface area contributed by atoms with Gasteiger partial charge in [-0.1, -0.05) is 22.9 Å². The van der Waals surface area contributed by atoms with E-state index in [0.29, 0.717) is 11.7 Å². The summed E-state index contributed by atoms with van der Waals surface area (Å²) in [5.41, 5.74) is 1.05. The first-order valence-corrected chi connectivity index (χ1v) is 4.17. The molecule has 0 spiro atoms. The molecule has 0 fully saturated rings. The molecule has 4 nitrogen and oxygen atoms in total. The smallest absolute Gasteiger partial charge is 0.129 e. The Kier molecular flexibility index (Phi) is 2.23. The molecular formula is C8H7ClN4. The number of nitrogens with zero attached hydrogens (tertiary/aromatic N) is 4. The average molecular weight is 195 g/mol. The third-order valence-electron chi connectivity index (χ3n) is 1.61. The van der Waals surface area contributed by atoms with E-state index in [1.165, 1.54) is 0 Å². The maximum Gasteiger partial charge on any atom is 0.129 e.